The zero-order valence-corrected chi connectivity index (χ0v) is 11.7. The number of nitrogens with one attached hydrogen (secondary N) is 1. The van der Waals surface area contributed by atoms with Gasteiger partial charge in [0.1, 0.15) is 10.9 Å². The molecule has 3 rings (SSSR count). The van der Waals surface area contributed by atoms with E-state index >= 15 is 0 Å². The Morgan fingerprint density at radius 2 is 2.00 bits per heavy atom. The highest BCUT2D eigenvalue weighted by atomic mass is 16.5. The van der Waals surface area contributed by atoms with Crippen LogP contribution in [0.5, 0.6) is 5.75 Å². The number of fused-ring (bicyclic) bond motifs is 1. The number of ether oxygens (including phenoxy) is 1. The summed E-state index contributed by atoms with van der Waals surface area (Å²) in [6, 6.07) is 11.5. The van der Waals surface area contributed by atoms with Gasteiger partial charge in [-0.1, -0.05) is 12.1 Å². The van der Waals surface area contributed by atoms with Crippen molar-refractivity contribution in [2.75, 3.05) is 7.11 Å². The molecule has 1 aromatic heterocycles. The summed E-state index contributed by atoms with van der Waals surface area (Å²) in [7, 11) is 1.54. The highest BCUT2D eigenvalue weighted by Gasteiger charge is 2.16. The van der Waals surface area contributed by atoms with Crippen LogP contribution in [0.4, 0.5) is 0 Å². The van der Waals surface area contributed by atoms with Gasteiger partial charge in [-0.2, -0.15) is 4.57 Å². The summed E-state index contributed by atoms with van der Waals surface area (Å²) < 4.78 is 6.70. The molecule has 6 heteroatoms. The lowest BCUT2D eigenvalue weighted by Gasteiger charge is -2.05. The number of carboxylic acid groups (broad SMARTS) is 1. The fourth-order valence-corrected chi connectivity index (χ4v) is 2.31. The molecule has 0 amide bonds. The summed E-state index contributed by atoms with van der Waals surface area (Å²) in [5.74, 6) is -0.469. The third kappa shape index (κ3) is 2.20. The first kappa shape index (κ1) is 13.8. The average molecular weight is 297 g/mol. The van der Waals surface area contributed by atoms with Crippen LogP contribution in [-0.2, 0) is 0 Å². The molecule has 2 N–H and O–H groups in total. The standard InChI is InChI=1S/C16H12N2O4/c1-22-14-5-3-2-4-13(14)18-9-17-12-8-10(16(20)21)6-7-11(12)15(18)19/h2-9H,1H3,(H,20,21)/p+1. The minimum Gasteiger partial charge on any atom is -0.492 e. The minimum absolute atomic E-state index is 0.123. The number of aromatic nitrogens is 2. The smallest absolute Gasteiger partial charge is 0.350 e. The van der Waals surface area contributed by atoms with Gasteiger partial charge in [-0.3, -0.25) is 0 Å². The number of methoxy groups -OCH3 is 1. The van der Waals surface area contributed by atoms with Gasteiger partial charge in [-0.25, -0.2) is 14.6 Å². The number of para-hydroxylation sites is 2. The Morgan fingerprint density at radius 1 is 1.23 bits per heavy atom. The van der Waals surface area contributed by atoms with Crippen molar-refractivity contribution in [2.24, 2.45) is 0 Å². The molecule has 0 fully saturated rings. The molecule has 0 aliphatic heterocycles. The average Bonchev–Trinajstić information content (AvgIpc) is 2.55. The highest BCUT2D eigenvalue weighted by Crippen LogP contribution is 2.20. The number of aromatic carboxylic acids is 1. The topological polar surface area (TPSA) is 82.7 Å². The Hall–Kier alpha value is -3.15. The van der Waals surface area contributed by atoms with E-state index in [9.17, 15) is 9.59 Å². The molecule has 3 aromatic rings. The normalized spacial score (nSPS) is 10.6. The lowest BCUT2D eigenvalue weighted by molar-refractivity contribution is -0.351. The van der Waals surface area contributed by atoms with E-state index in [-0.39, 0.29) is 11.1 Å². The Labute approximate surface area is 125 Å². The van der Waals surface area contributed by atoms with Crippen molar-refractivity contribution in [3.05, 3.63) is 64.7 Å². The number of hydrogen-bond acceptors (Lipinski definition) is 3. The number of carboxylic acids is 1. The molecule has 0 radical (unpaired) electrons. The van der Waals surface area contributed by atoms with Gasteiger partial charge in [-0.15, -0.1) is 0 Å². The Kier molecular flexibility index (Phi) is 3.34. The Balaban J connectivity index is 2.25. The van der Waals surface area contributed by atoms with Crippen molar-refractivity contribution < 1.29 is 19.6 Å². The Bertz CT molecular complexity index is 931. The van der Waals surface area contributed by atoms with E-state index in [0.29, 0.717) is 22.3 Å². The van der Waals surface area contributed by atoms with Gasteiger partial charge in [0.05, 0.1) is 12.7 Å². The molecule has 0 spiro atoms. The van der Waals surface area contributed by atoms with Crippen molar-refractivity contribution in [2.45, 2.75) is 0 Å². The molecule has 0 saturated heterocycles. The van der Waals surface area contributed by atoms with E-state index in [1.165, 1.54) is 36.2 Å². The molecular formula is C16H13N2O4+. The van der Waals surface area contributed by atoms with E-state index in [1.807, 2.05) is 12.1 Å². The van der Waals surface area contributed by atoms with Crippen LogP contribution in [0, 0.1) is 0 Å². The summed E-state index contributed by atoms with van der Waals surface area (Å²) in [5.41, 5.74) is 0.944. The van der Waals surface area contributed by atoms with Gasteiger partial charge in [0, 0.05) is 6.07 Å². The van der Waals surface area contributed by atoms with Crippen LogP contribution in [-0.4, -0.2) is 22.8 Å². The zero-order chi connectivity index (χ0) is 15.7. The lowest BCUT2D eigenvalue weighted by atomic mass is 10.1. The predicted octanol–water partition coefficient (Wildman–Crippen LogP) is 1.51. The first-order valence-electron chi connectivity index (χ1n) is 6.55. The fourth-order valence-electron chi connectivity index (χ4n) is 2.31. The number of nitrogens with zero attached hydrogens (tertiary/aromatic N) is 1. The van der Waals surface area contributed by atoms with Gasteiger partial charge in [-0.05, 0) is 24.3 Å². The van der Waals surface area contributed by atoms with E-state index in [4.69, 9.17) is 9.84 Å². The molecular weight excluding hydrogens is 284 g/mol. The molecule has 0 unspecified atom stereocenters. The maximum Gasteiger partial charge on any atom is 0.350 e. The van der Waals surface area contributed by atoms with Gasteiger partial charge >= 0.3 is 11.5 Å². The SMILES string of the molecule is COc1ccccc1-n1c[nH+]c2cc(C(=O)O)ccc2c1=O. The molecule has 0 aliphatic rings. The summed E-state index contributed by atoms with van der Waals surface area (Å²) in [5, 5.41) is 9.40. The molecule has 2 aromatic carbocycles. The maximum absolute atomic E-state index is 12.6. The number of hydrogen-bond donors (Lipinski definition) is 1. The number of aromatic amines is 1. The van der Waals surface area contributed by atoms with Gasteiger partial charge in [0.2, 0.25) is 6.33 Å². The number of H-pyrrole nitrogens is 1. The molecule has 6 nitrogen and oxygen atoms in total. The second kappa shape index (κ2) is 5.33. The third-order valence-electron chi connectivity index (χ3n) is 3.41. The van der Waals surface area contributed by atoms with Crippen LogP contribution in [0.1, 0.15) is 10.4 Å². The first-order chi connectivity index (χ1) is 10.6. The van der Waals surface area contributed by atoms with Gasteiger partial charge in [0.25, 0.3) is 0 Å². The van der Waals surface area contributed by atoms with Gasteiger partial charge < -0.3 is 9.84 Å². The van der Waals surface area contributed by atoms with Crippen LogP contribution in [0.25, 0.3) is 16.6 Å². The fraction of sp³-hybridized carbons (Fsp3) is 0.0625. The predicted molar refractivity (Wildman–Crippen MR) is 79.6 cm³/mol. The van der Waals surface area contributed by atoms with Crippen LogP contribution in [0.15, 0.2) is 53.6 Å². The maximum atomic E-state index is 12.6. The molecule has 0 atom stereocenters. The second-order valence-electron chi connectivity index (χ2n) is 4.69. The highest BCUT2D eigenvalue weighted by molar-refractivity contribution is 5.92. The zero-order valence-electron chi connectivity index (χ0n) is 11.7. The van der Waals surface area contributed by atoms with Crippen molar-refractivity contribution in [1.29, 1.82) is 0 Å². The number of benzene rings is 2. The Morgan fingerprint density at radius 3 is 2.73 bits per heavy atom. The molecule has 0 bridgehead atoms. The molecule has 0 saturated carbocycles. The lowest BCUT2D eigenvalue weighted by Crippen LogP contribution is -2.25. The van der Waals surface area contributed by atoms with Gasteiger partial charge in [0.15, 0.2) is 11.4 Å². The van der Waals surface area contributed by atoms with Crippen molar-refractivity contribution in [1.82, 2.24) is 4.57 Å². The van der Waals surface area contributed by atoms with E-state index in [2.05, 4.69) is 4.98 Å². The van der Waals surface area contributed by atoms with Crippen molar-refractivity contribution in [3.8, 4) is 11.4 Å². The van der Waals surface area contributed by atoms with Crippen LogP contribution in [0.3, 0.4) is 0 Å². The van der Waals surface area contributed by atoms with E-state index in [1.54, 1.807) is 12.1 Å². The first-order valence-corrected chi connectivity index (χ1v) is 6.55. The summed E-state index contributed by atoms with van der Waals surface area (Å²) in [4.78, 5) is 26.6. The number of rotatable bonds is 3. The van der Waals surface area contributed by atoms with Crippen LogP contribution in [0.2, 0.25) is 0 Å². The van der Waals surface area contributed by atoms with Crippen molar-refractivity contribution >= 4 is 16.9 Å². The molecule has 22 heavy (non-hydrogen) atoms. The van der Waals surface area contributed by atoms with E-state index < -0.39 is 5.97 Å². The summed E-state index contributed by atoms with van der Waals surface area (Å²) in [6.07, 6.45) is 1.49. The quantitative estimate of drug-likeness (QED) is 0.794. The third-order valence-corrected chi connectivity index (χ3v) is 3.41. The summed E-state index contributed by atoms with van der Waals surface area (Å²) in [6.45, 7) is 0. The number of carbonyl (C=O) groups is 1. The van der Waals surface area contributed by atoms with Crippen LogP contribution < -0.4 is 15.3 Å². The summed E-state index contributed by atoms with van der Waals surface area (Å²) >= 11 is 0. The monoisotopic (exact) mass is 297 g/mol. The van der Waals surface area contributed by atoms with Crippen LogP contribution >= 0.6 is 0 Å². The van der Waals surface area contributed by atoms with E-state index in [0.717, 1.165) is 0 Å². The largest absolute Gasteiger partial charge is 0.492 e. The van der Waals surface area contributed by atoms with Crippen molar-refractivity contribution in [3.63, 3.8) is 0 Å². The molecule has 0 aliphatic carbocycles. The second-order valence-corrected chi connectivity index (χ2v) is 4.69. The minimum atomic E-state index is -1.04. The molecule has 1 heterocycles. The molecule has 110 valence electrons.